The van der Waals surface area contributed by atoms with Gasteiger partial charge in [-0.2, -0.15) is 0 Å². The highest BCUT2D eigenvalue weighted by molar-refractivity contribution is 6.43. The lowest BCUT2D eigenvalue weighted by Crippen LogP contribution is -2.44. The number of carbonyl (C=O) groups excluding carboxylic acids is 2. The Hall–Kier alpha value is -2.86. The zero-order valence-electron chi connectivity index (χ0n) is 16.7. The lowest BCUT2D eigenvalue weighted by Gasteiger charge is -2.34. The fraction of sp³-hybridized carbons (Fsp3) is 0.364. The predicted octanol–water partition coefficient (Wildman–Crippen LogP) is 3.14. The number of carbonyl (C=O) groups is 2. The van der Waals surface area contributed by atoms with Crippen molar-refractivity contribution < 1.29 is 9.59 Å². The lowest BCUT2D eigenvalue weighted by atomic mass is 10.0. The van der Waals surface area contributed by atoms with Crippen molar-refractivity contribution in [2.24, 2.45) is 0 Å². The number of piperazine rings is 1. The first kappa shape index (κ1) is 19.9. The molecule has 1 saturated heterocycles. The molecule has 0 spiro atoms. The zero-order valence-corrected chi connectivity index (χ0v) is 16.7. The Balaban J connectivity index is 1.54. The summed E-state index contributed by atoms with van der Waals surface area (Å²) in [7, 11) is 2.12. The van der Waals surface area contributed by atoms with Gasteiger partial charge in [-0.25, -0.2) is 0 Å². The molecule has 0 radical (unpaired) electrons. The largest absolute Gasteiger partial charge is 0.369 e. The van der Waals surface area contributed by atoms with E-state index in [1.807, 2.05) is 48.5 Å². The van der Waals surface area contributed by atoms with E-state index >= 15 is 0 Å². The highest BCUT2D eigenvalue weighted by Crippen LogP contribution is 2.20. The van der Waals surface area contributed by atoms with Crippen LogP contribution in [0.2, 0.25) is 0 Å². The molecule has 0 bridgehead atoms. The van der Waals surface area contributed by atoms with E-state index in [1.165, 1.54) is 5.56 Å². The molecular formula is C22H28N4O2. The Bertz CT molecular complexity index is 807. The Labute approximate surface area is 166 Å². The van der Waals surface area contributed by atoms with E-state index in [0.29, 0.717) is 17.3 Å². The summed E-state index contributed by atoms with van der Waals surface area (Å²) in [6.45, 7) is 8.26. The molecule has 0 aliphatic carbocycles. The van der Waals surface area contributed by atoms with Gasteiger partial charge in [-0.3, -0.25) is 9.59 Å². The molecule has 0 aromatic heterocycles. The van der Waals surface area contributed by atoms with Crippen LogP contribution in [0.1, 0.15) is 25.3 Å². The molecule has 1 aliphatic heterocycles. The van der Waals surface area contributed by atoms with Crippen LogP contribution in [0.15, 0.2) is 48.5 Å². The lowest BCUT2D eigenvalue weighted by molar-refractivity contribution is -0.132. The number of likely N-dealkylation sites (N-methyl/N-ethyl adjacent to an activating group) is 1. The molecule has 2 amide bonds. The summed E-state index contributed by atoms with van der Waals surface area (Å²) >= 11 is 0. The van der Waals surface area contributed by atoms with Gasteiger partial charge in [-0.15, -0.1) is 0 Å². The molecular weight excluding hydrogens is 352 g/mol. The molecule has 0 unspecified atom stereocenters. The van der Waals surface area contributed by atoms with E-state index in [0.717, 1.165) is 31.9 Å². The van der Waals surface area contributed by atoms with Crippen LogP contribution in [0.4, 0.5) is 17.1 Å². The normalized spacial score (nSPS) is 14.8. The van der Waals surface area contributed by atoms with Gasteiger partial charge in [0.1, 0.15) is 0 Å². The Morgan fingerprint density at radius 3 is 1.71 bits per heavy atom. The minimum absolute atomic E-state index is 0.418. The van der Waals surface area contributed by atoms with Crippen LogP contribution in [-0.2, 0) is 9.59 Å². The number of amides is 2. The quantitative estimate of drug-likeness (QED) is 0.800. The van der Waals surface area contributed by atoms with Crippen molar-refractivity contribution >= 4 is 28.9 Å². The maximum Gasteiger partial charge on any atom is 0.314 e. The van der Waals surface area contributed by atoms with Gasteiger partial charge in [0.2, 0.25) is 0 Å². The van der Waals surface area contributed by atoms with E-state index in [2.05, 4.69) is 41.3 Å². The minimum atomic E-state index is -0.680. The highest BCUT2D eigenvalue weighted by Gasteiger charge is 2.16. The first-order valence-electron chi connectivity index (χ1n) is 9.68. The van der Waals surface area contributed by atoms with Crippen LogP contribution in [-0.4, -0.2) is 49.9 Å². The average Bonchev–Trinajstić information content (AvgIpc) is 2.69. The molecule has 0 saturated carbocycles. The Kier molecular flexibility index (Phi) is 6.31. The third kappa shape index (κ3) is 5.10. The van der Waals surface area contributed by atoms with Crippen LogP contribution in [0.5, 0.6) is 0 Å². The number of rotatable bonds is 4. The second-order valence-electron chi connectivity index (χ2n) is 7.52. The fourth-order valence-electron chi connectivity index (χ4n) is 3.15. The molecule has 3 rings (SSSR count). The van der Waals surface area contributed by atoms with Gasteiger partial charge in [0, 0.05) is 43.2 Å². The van der Waals surface area contributed by atoms with Gasteiger partial charge >= 0.3 is 11.8 Å². The fourth-order valence-corrected chi connectivity index (χ4v) is 3.15. The second kappa shape index (κ2) is 8.89. The van der Waals surface area contributed by atoms with E-state index in [-0.39, 0.29) is 0 Å². The number of nitrogens with one attached hydrogen (secondary N) is 2. The van der Waals surface area contributed by atoms with Crippen LogP contribution < -0.4 is 15.5 Å². The van der Waals surface area contributed by atoms with Gasteiger partial charge < -0.3 is 20.4 Å². The van der Waals surface area contributed by atoms with Gasteiger partial charge in [-0.1, -0.05) is 26.0 Å². The van der Waals surface area contributed by atoms with Crippen LogP contribution >= 0.6 is 0 Å². The SMILES string of the molecule is CC(C)c1ccc(NC(=O)C(=O)Nc2ccc(N3CCN(C)CC3)cc2)cc1. The molecule has 1 heterocycles. The van der Waals surface area contributed by atoms with Crippen LogP contribution in [0, 0.1) is 0 Å². The number of hydrogen-bond acceptors (Lipinski definition) is 4. The zero-order chi connectivity index (χ0) is 20.1. The van der Waals surface area contributed by atoms with Crippen LogP contribution in [0.25, 0.3) is 0 Å². The molecule has 1 aliphatic rings. The van der Waals surface area contributed by atoms with Gasteiger partial charge in [0.05, 0.1) is 0 Å². The molecule has 2 N–H and O–H groups in total. The molecule has 28 heavy (non-hydrogen) atoms. The van der Waals surface area contributed by atoms with Crippen molar-refractivity contribution in [3.8, 4) is 0 Å². The summed E-state index contributed by atoms with van der Waals surface area (Å²) in [5.74, 6) is -0.942. The highest BCUT2D eigenvalue weighted by atomic mass is 16.2. The van der Waals surface area contributed by atoms with E-state index in [4.69, 9.17) is 0 Å². The van der Waals surface area contributed by atoms with Gasteiger partial charge in [-0.05, 0) is 54.9 Å². The number of nitrogens with zero attached hydrogens (tertiary/aromatic N) is 2. The molecule has 0 atom stereocenters. The molecule has 2 aromatic rings. The number of anilines is 3. The molecule has 6 nitrogen and oxygen atoms in total. The number of hydrogen-bond donors (Lipinski definition) is 2. The molecule has 6 heteroatoms. The van der Waals surface area contributed by atoms with Crippen molar-refractivity contribution in [3.05, 3.63) is 54.1 Å². The second-order valence-corrected chi connectivity index (χ2v) is 7.52. The van der Waals surface area contributed by atoms with Crippen molar-refractivity contribution in [2.45, 2.75) is 19.8 Å². The Morgan fingerprint density at radius 1 is 0.786 bits per heavy atom. The van der Waals surface area contributed by atoms with Crippen molar-refractivity contribution in [3.63, 3.8) is 0 Å². The van der Waals surface area contributed by atoms with E-state index in [1.54, 1.807) is 0 Å². The predicted molar refractivity (Wildman–Crippen MR) is 114 cm³/mol. The smallest absolute Gasteiger partial charge is 0.314 e. The molecule has 2 aromatic carbocycles. The topological polar surface area (TPSA) is 64.7 Å². The third-order valence-corrected chi connectivity index (χ3v) is 5.04. The molecule has 1 fully saturated rings. The number of benzene rings is 2. The average molecular weight is 380 g/mol. The van der Waals surface area contributed by atoms with E-state index < -0.39 is 11.8 Å². The summed E-state index contributed by atoms with van der Waals surface area (Å²) in [5.41, 5.74) is 3.52. The van der Waals surface area contributed by atoms with Crippen molar-refractivity contribution in [1.82, 2.24) is 4.90 Å². The summed E-state index contributed by atoms with van der Waals surface area (Å²) in [6.07, 6.45) is 0. The standard InChI is InChI=1S/C22H28N4O2/c1-16(2)17-4-6-18(7-5-17)23-21(27)22(28)24-19-8-10-20(11-9-19)26-14-12-25(3)13-15-26/h4-11,16H,12-15H2,1-3H3,(H,23,27)(H,24,28). The first-order valence-corrected chi connectivity index (χ1v) is 9.68. The summed E-state index contributed by atoms with van der Waals surface area (Å²) in [6, 6.07) is 15.1. The van der Waals surface area contributed by atoms with Crippen molar-refractivity contribution in [2.75, 3.05) is 48.8 Å². The van der Waals surface area contributed by atoms with E-state index in [9.17, 15) is 9.59 Å². The summed E-state index contributed by atoms with van der Waals surface area (Å²) < 4.78 is 0. The summed E-state index contributed by atoms with van der Waals surface area (Å²) in [5, 5.41) is 5.28. The first-order chi connectivity index (χ1) is 13.4. The van der Waals surface area contributed by atoms with Crippen LogP contribution in [0.3, 0.4) is 0 Å². The maximum absolute atomic E-state index is 12.2. The van der Waals surface area contributed by atoms with Gasteiger partial charge in [0.25, 0.3) is 0 Å². The monoisotopic (exact) mass is 380 g/mol. The summed E-state index contributed by atoms with van der Waals surface area (Å²) in [4.78, 5) is 28.9. The minimum Gasteiger partial charge on any atom is -0.369 e. The third-order valence-electron chi connectivity index (χ3n) is 5.04. The Morgan fingerprint density at radius 2 is 1.25 bits per heavy atom. The van der Waals surface area contributed by atoms with Crippen molar-refractivity contribution in [1.29, 1.82) is 0 Å². The van der Waals surface area contributed by atoms with Gasteiger partial charge in [0.15, 0.2) is 0 Å². The molecule has 148 valence electrons. The maximum atomic E-state index is 12.2.